The summed E-state index contributed by atoms with van der Waals surface area (Å²) in [5, 5.41) is 9.95. The molecule has 0 aliphatic carbocycles. The lowest BCUT2D eigenvalue weighted by molar-refractivity contribution is 0.0690. The van der Waals surface area contributed by atoms with Crippen molar-refractivity contribution in [3.63, 3.8) is 0 Å². The van der Waals surface area contributed by atoms with Gasteiger partial charge in [-0.05, 0) is 36.2 Å². The van der Waals surface area contributed by atoms with E-state index in [1.165, 1.54) is 11.3 Å². The molecule has 0 bridgehead atoms. The van der Waals surface area contributed by atoms with Crippen LogP contribution >= 0.6 is 11.3 Å². The fourth-order valence-corrected chi connectivity index (χ4v) is 3.31. The Kier molecular flexibility index (Phi) is 4.86. The Morgan fingerprint density at radius 2 is 1.96 bits per heavy atom. The van der Waals surface area contributed by atoms with E-state index in [9.17, 15) is 9.90 Å². The molecule has 3 aromatic rings. The van der Waals surface area contributed by atoms with E-state index in [1.54, 1.807) is 12.4 Å². The third kappa shape index (κ3) is 3.44. The van der Waals surface area contributed by atoms with Crippen molar-refractivity contribution in [2.45, 2.75) is 20.0 Å². The van der Waals surface area contributed by atoms with Crippen LogP contribution in [0.2, 0.25) is 0 Å². The van der Waals surface area contributed by atoms with Gasteiger partial charge in [0.1, 0.15) is 17.4 Å². The number of hydrogen-bond acceptors (Lipinski definition) is 5. The summed E-state index contributed by atoms with van der Waals surface area (Å²) in [6, 6.07) is 11.3. The standard InChI is InChI=1S/C18H16N2O3S/c1-2-15-16(18(21)22)20-17(24-15)13-5-3-4-6-14(13)23-11-12-7-9-19-10-8-12/h3-10H,2,11H2,1H3,(H,21,22). The minimum Gasteiger partial charge on any atom is -0.488 e. The zero-order valence-electron chi connectivity index (χ0n) is 13.1. The van der Waals surface area contributed by atoms with E-state index in [1.807, 2.05) is 43.3 Å². The second kappa shape index (κ2) is 7.23. The van der Waals surface area contributed by atoms with Gasteiger partial charge in [-0.1, -0.05) is 19.1 Å². The molecule has 0 saturated heterocycles. The summed E-state index contributed by atoms with van der Waals surface area (Å²) in [6.45, 7) is 2.34. The summed E-state index contributed by atoms with van der Waals surface area (Å²) >= 11 is 1.39. The second-order valence-corrected chi connectivity index (χ2v) is 6.17. The van der Waals surface area contributed by atoms with Crippen molar-refractivity contribution in [2.24, 2.45) is 0 Å². The molecule has 2 heterocycles. The van der Waals surface area contributed by atoms with Gasteiger partial charge < -0.3 is 9.84 Å². The number of thiazole rings is 1. The van der Waals surface area contributed by atoms with Gasteiger partial charge >= 0.3 is 5.97 Å². The molecule has 0 aliphatic rings. The highest BCUT2D eigenvalue weighted by Gasteiger charge is 2.18. The molecule has 6 heteroatoms. The number of ether oxygens (including phenoxy) is 1. The third-order valence-corrected chi connectivity index (χ3v) is 4.72. The lowest BCUT2D eigenvalue weighted by Crippen LogP contribution is -2.00. The number of aryl methyl sites for hydroxylation is 1. The first-order valence-electron chi connectivity index (χ1n) is 7.53. The van der Waals surface area contributed by atoms with Crippen LogP contribution in [0.5, 0.6) is 5.75 Å². The van der Waals surface area contributed by atoms with Crippen molar-refractivity contribution in [1.29, 1.82) is 0 Å². The van der Waals surface area contributed by atoms with Crippen LogP contribution in [0, 0.1) is 0 Å². The number of aromatic nitrogens is 2. The molecule has 0 atom stereocenters. The predicted octanol–water partition coefficient (Wildman–Crippen LogP) is 4.04. The summed E-state index contributed by atoms with van der Waals surface area (Å²) in [4.78, 5) is 20.4. The van der Waals surface area contributed by atoms with Crippen LogP contribution < -0.4 is 4.74 Å². The smallest absolute Gasteiger partial charge is 0.355 e. The fraction of sp³-hybridized carbons (Fsp3) is 0.167. The van der Waals surface area contributed by atoms with E-state index in [4.69, 9.17) is 4.74 Å². The van der Waals surface area contributed by atoms with Crippen LogP contribution in [0.15, 0.2) is 48.8 Å². The number of carboxylic acids is 1. The number of rotatable bonds is 6. The molecule has 0 saturated carbocycles. The Balaban J connectivity index is 1.90. The fourth-order valence-electron chi connectivity index (χ4n) is 2.28. The number of para-hydroxylation sites is 1. The van der Waals surface area contributed by atoms with Gasteiger partial charge in [0.2, 0.25) is 0 Å². The highest BCUT2D eigenvalue weighted by molar-refractivity contribution is 7.15. The third-order valence-electron chi connectivity index (χ3n) is 3.48. The van der Waals surface area contributed by atoms with E-state index >= 15 is 0 Å². The number of aromatic carboxylic acids is 1. The van der Waals surface area contributed by atoms with Gasteiger partial charge in [0.25, 0.3) is 0 Å². The van der Waals surface area contributed by atoms with E-state index in [2.05, 4.69) is 9.97 Å². The molecule has 3 rings (SSSR count). The highest BCUT2D eigenvalue weighted by Crippen LogP contribution is 2.35. The molecule has 2 aromatic heterocycles. The van der Waals surface area contributed by atoms with Crippen molar-refractivity contribution in [3.05, 3.63) is 64.9 Å². The number of benzene rings is 1. The number of hydrogen-bond donors (Lipinski definition) is 1. The number of carboxylic acid groups (broad SMARTS) is 1. The normalized spacial score (nSPS) is 10.5. The second-order valence-electron chi connectivity index (χ2n) is 5.09. The van der Waals surface area contributed by atoms with Gasteiger partial charge in [-0.25, -0.2) is 9.78 Å². The van der Waals surface area contributed by atoms with Gasteiger partial charge in [-0.2, -0.15) is 0 Å². The van der Waals surface area contributed by atoms with Gasteiger partial charge in [0.15, 0.2) is 5.69 Å². The molecule has 0 aliphatic heterocycles. The zero-order chi connectivity index (χ0) is 16.9. The van der Waals surface area contributed by atoms with E-state index in [0.717, 1.165) is 16.0 Å². The first-order chi connectivity index (χ1) is 11.7. The Hall–Kier alpha value is -2.73. The average Bonchev–Trinajstić information content (AvgIpc) is 3.06. The van der Waals surface area contributed by atoms with Crippen LogP contribution in [-0.2, 0) is 13.0 Å². The summed E-state index contributed by atoms with van der Waals surface area (Å²) in [6.07, 6.45) is 4.08. The molecular formula is C18H16N2O3S. The van der Waals surface area contributed by atoms with Gasteiger partial charge in [-0.15, -0.1) is 11.3 Å². The quantitative estimate of drug-likeness (QED) is 0.733. The lowest BCUT2D eigenvalue weighted by Gasteiger charge is -2.09. The maximum atomic E-state index is 11.3. The summed E-state index contributed by atoms with van der Waals surface area (Å²) in [7, 11) is 0. The van der Waals surface area contributed by atoms with Crippen LogP contribution in [-0.4, -0.2) is 21.0 Å². The van der Waals surface area contributed by atoms with Crippen LogP contribution in [0.3, 0.4) is 0 Å². The summed E-state index contributed by atoms with van der Waals surface area (Å²) in [5.74, 6) is -0.313. The highest BCUT2D eigenvalue weighted by atomic mass is 32.1. The molecule has 1 N–H and O–H groups in total. The van der Waals surface area contributed by atoms with Gasteiger partial charge in [0.05, 0.1) is 5.56 Å². The van der Waals surface area contributed by atoms with Crippen molar-refractivity contribution < 1.29 is 14.6 Å². The van der Waals surface area contributed by atoms with E-state index in [0.29, 0.717) is 23.8 Å². The minimum atomic E-state index is -0.996. The first-order valence-corrected chi connectivity index (χ1v) is 8.34. The van der Waals surface area contributed by atoms with Crippen LogP contribution in [0.4, 0.5) is 0 Å². The average molecular weight is 340 g/mol. The summed E-state index contributed by atoms with van der Waals surface area (Å²) in [5.41, 5.74) is 1.94. The monoisotopic (exact) mass is 340 g/mol. The Morgan fingerprint density at radius 1 is 1.21 bits per heavy atom. The lowest BCUT2D eigenvalue weighted by atomic mass is 10.2. The van der Waals surface area contributed by atoms with Crippen molar-refractivity contribution >= 4 is 17.3 Å². The molecule has 0 spiro atoms. The molecule has 0 fully saturated rings. The van der Waals surface area contributed by atoms with E-state index in [-0.39, 0.29) is 5.69 Å². The molecular weight excluding hydrogens is 324 g/mol. The first kappa shape index (κ1) is 16.1. The molecule has 0 radical (unpaired) electrons. The number of nitrogens with zero attached hydrogens (tertiary/aromatic N) is 2. The Labute approximate surface area is 143 Å². The predicted molar refractivity (Wildman–Crippen MR) is 92.5 cm³/mol. The minimum absolute atomic E-state index is 0.126. The molecule has 24 heavy (non-hydrogen) atoms. The zero-order valence-corrected chi connectivity index (χ0v) is 13.9. The molecule has 122 valence electrons. The maximum Gasteiger partial charge on any atom is 0.355 e. The molecule has 1 aromatic carbocycles. The Bertz CT molecular complexity index is 846. The topological polar surface area (TPSA) is 72.3 Å². The van der Waals surface area contributed by atoms with Crippen LogP contribution in [0.25, 0.3) is 10.6 Å². The molecule has 0 amide bonds. The van der Waals surface area contributed by atoms with Crippen molar-refractivity contribution in [3.8, 4) is 16.3 Å². The van der Waals surface area contributed by atoms with Gasteiger partial charge in [0, 0.05) is 17.3 Å². The van der Waals surface area contributed by atoms with Gasteiger partial charge in [-0.3, -0.25) is 4.98 Å². The van der Waals surface area contributed by atoms with E-state index < -0.39 is 5.97 Å². The summed E-state index contributed by atoms with van der Waals surface area (Å²) < 4.78 is 5.91. The molecule has 5 nitrogen and oxygen atoms in total. The Morgan fingerprint density at radius 3 is 2.62 bits per heavy atom. The van der Waals surface area contributed by atoms with Crippen molar-refractivity contribution in [2.75, 3.05) is 0 Å². The largest absolute Gasteiger partial charge is 0.488 e. The number of carbonyl (C=O) groups is 1. The van der Waals surface area contributed by atoms with Crippen LogP contribution in [0.1, 0.15) is 27.9 Å². The number of pyridine rings is 1. The van der Waals surface area contributed by atoms with Crippen molar-refractivity contribution in [1.82, 2.24) is 9.97 Å². The molecule has 0 unspecified atom stereocenters. The maximum absolute atomic E-state index is 11.3. The SMILES string of the molecule is CCc1sc(-c2ccccc2OCc2ccncc2)nc1C(=O)O.